The maximum absolute atomic E-state index is 12.8. The first-order chi connectivity index (χ1) is 13.3. The van der Waals surface area contributed by atoms with Gasteiger partial charge >= 0.3 is 5.97 Å². The third kappa shape index (κ3) is 4.44. The van der Waals surface area contributed by atoms with Gasteiger partial charge in [0, 0.05) is 18.8 Å². The fraction of sp³-hybridized carbons (Fsp3) is 0.500. The summed E-state index contributed by atoms with van der Waals surface area (Å²) in [6, 6.07) is 6.07. The fourth-order valence-electron chi connectivity index (χ4n) is 3.84. The first kappa shape index (κ1) is 20.5. The SMILES string of the molecule is C[C@@H]1CCCN(S(=O)(=O)c2ccc(NC(=O)[C@H]3CC=CC[C@H]3C(=O)O)cc2)C1. The van der Waals surface area contributed by atoms with Crippen molar-refractivity contribution in [2.24, 2.45) is 17.8 Å². The van der Waals surface area contributed by atoms with Gasteiger partial charge in [-0.25, -0.2) is 8.42 Å². The number of hydrogen-bond donors (Lipinski definition) is 2. The average molecular weight is 407 g/mol. The molecule has 2 N–H and O–H groups in total. The van der Waals surface area contributed by atoms with Gasteiger partial charge in [-0.1, -0.05) is 19.1 Å². The molecule has 28 heavy (non-hydrogen) atoms. The van der Waals surface area contributed by atoms with Crippen LogP contribution in [0.2, 0.25) is 0 Å². The molecule has 0 saturated carbocycles. The third-order valence-electron chi connectivity index (χ3n) is 5.47. The summed E-state index contributed by atoms with van der Waals surface area (Å²) in [4.78, 5) is 24.1. The molecule has 1 amide bonds. The van der Waals surface area contributed by atoms with Crippen LogP contribution in [0, 0.1) is 17.8 Å². The summed E-state index contributed by atoms with van der Waals surface area (Å²) in [5, 5.41) is 12.0. The first-order valence-electron chi connectivity index (χ1n) is 9.58. The molecule has 1 aromatic rings. The highest BCUT2D eigenvalue weighted by Gasteiger charge is 2.34. The Bertz CT molecular complexity index is 863. The number of hydrogen-bond acceptors (Lipinski definition) is 4. The normalized spacial score (nSPS) is 26.0. The van der Waals surface area contributed by atoms with Crippen molar-refractivity contribution in [1.82, 2.24) is 4.31 Å². The average Bonchev–Trinajstić information content (AvgIpc) is 2.68. The van der Waals surface area contributed by atoms with Crippen LogP contribution < -0.4 is 5.32 Å². The van der Waals surface area contributed by atoms with E-state index in [4.69, 9.17) is 0 Å². The second kappa shape index (κ2) is 8.45. The second-order valence-electron chi connectivity index (χ2n) is 7.62. The number of carboxylic acids is 1. The summed E-state index contributed by atoms with van der Waals surface area (Å²) in [5.41, 5.74) is 0.453. The molecule has 3 rings (SSSR count). The topological polar surface area (TPSA) is 104 Å². The standard InChI is InChI=1S/C20H26N2O5S/c1-14-5-4-12-22(13-14)28(26,27)16-10-8-15(9-11-16)21-19(23)17-6-2-3-7-18(17)20(24)25/h2-3,8-11,14,17-18H,4-7,12-13H2,1H3,(H,21,23)(H,24,25)/t14-,17+,18-/m1/s1. The summed E-state index contributed by atoms with van der Waals surface area (Å²) < 4.78 is 27.1. The van der Waals surface area contributed by atoms with E-state index in [9.17, 15) is 23.1 Å². The summed E-state index contributed by atoms with van der Waals surface area (Å²) in [6.45, 7) is 3.09. The Hall–Kier alpha value is -2.19. The van der Waals surface area contributed by atoms with Crippen molar-refractivity contribution < 1.29 is 23.1 Å². The molecule has 1 aliphatic heterocycles. The number of nitrogens with one attached hydrogen (secondary N) is 1. The highest BCUT2D eigenvalue weighted by atomic mass is 32.2. The van der Waals surface area contributed by atoms with Crippen molar-refractivity contribution in [3.05, 3.63) is 36.4 Å². The summed E-state index contributed by atoms with van der Waals surface area (Å²) in [5.74, 6) is -2.39. The zero-order valence-electron chi connectivity index (χ0n) is 15.9. The molecule has 3 atom stereocenters. The molecule has 0 radical (unpaired) electrons. The minimum absolute atomic E-state index is 0.198. The minimum Gasteiger partial charge on any atom is -0.481 e. The number of rotatable bonds is 5. The van der Waals surface area contributed by atoms with Crippen LogP contribution in [0.15, 0.2) is 41.3 Å². The Kier molecular flexibility index (Phi) is 6.20. The maximum Gasteiger partial charge on any atom is 0.307 e. The van der Waals surface area contributed by atoms with Gasteiger partial charge in [0.05, 0.1) is 16.7 Å². The van der Waals surface area contributed by atoms with Crippen LogP contribution in [-0.2, 0) is 19.6 Å². The number of carbonyl (C=O) groups is 2. The van der Waals surface area contributed by atoms with E-state index in [0.29, 0.717) is 37.5 Å². The lowest BCUT2D eigenvalue weighted by atomic mass is 9.82. The molecule has 8 heteroatoms. The molecule has 0 bridgehead atoms. The quantitative estimate of drug-likeness (QED) is 0.732. The molecule has 0 spiro atoms. The Morgan fingerprint density at radius 2 is 1.75 bits per heavy atom. The Morgan fingerprint density at radius 1 is 1.11 bits per heavy atom. The van der Waals surface area contributed by atoms with Gasteiger partial charge in [-0.2, -0.15) is 4.31 Å². The number of aliphatic carboxylic acids is 1. The van der Waals surface area contributed by atoms with Crippen LogP contribution in [-0.4, -0.2) is 42.8 Å². The predicted molar refractivity (Wildman–Crippen MR) is 105 cm³/mol. The lowest BCUT2D eigenvalue weighted by molar-refractivity contribution is -0.146. The number of anilines is 1. The molecule has 0 aromatic heterocycles. The van der Waals surface area contributed by atoms with E-state index in [-0.39, 0.29) is 10.8 Å². The number of amides is 1. The van der Waals surface area contributed by atoms with E-state index in [1.165, 1.54) is 16.4 Å². The largest absolute Gasteiger partial charge is 0.481 e. The summed E-state index contributed by atoms with van der Waals surface area (Å²) in [6.07, 6.45) is 6.20. The van der Waals surface area contributed by atoms with Gasteiger partial charge in [-0.3, -0.25) is 9.59 Å². The van der Waals surface area contributed by atoms with Crippen LogP contribution in [0.3, 0.4) is 0 Å². The Morgan fingerprint density at radius 3 is 2.36 bits per heavy atom. The summed E-state index contributed by atoms with van der Waals surface area (Å²) in [7, 11) is -3.55. The van der Waals surface area contributed by atoms with Crippen LogP contribution in [0.25, 0.3) is 0 Å². The van der Waals surface area contributed by atoms with Crippen LogP contribution in [0.4, 0.5) is 5.69 Å². The zero-order chi connectivity index (χ0) is 20.3. The predicted octanol–water partition coefficient (Wildman–Crippen LogP) is 2.71. The van der Waals surface area contributed by atoms with Gasteiger partial charge in [0.15, 0.2) is 0 Å². The van der Waals surface area contributed by atoms with Gasteiger partial charge in [-0.05, 0) is 55.9 Å². The van der Waals surface area contributed by atoms with E-state index in [2.05, 4.69) is 5.32 Å². The smallest absolute Gasteiger partial charge is 0.307 e. The van der Waals surface area contributed by atoms with Crippen molar-refractivity contribution in [2.45, 2.75) is 37.5 Å². The zero-order valence-corrected chi connectivity index (χ0v) is 16.7. The van der Waals surface area contributed by atoms with E-state index >= 15 is 0 Å². The van der Waals surface area contributed by atoms with E-state index in [1.54, 1.807) is 18.2 Å². The van der Waals surface area contributed by atoms with Crippen LogP contribution in [0.1, 0.15) is 32.6 Å². The monoisotopic (exact) mass is 406 g/mol. The number of allylic oxidation sites excluding steroid dienone is 2. The number of piperidine rings is 1. The van der Waals surface area contributed by atoms with E-state index < -0.39 is 27.8 Å². The van der Waals surface area contributed by atoms with Crippen molar-refractivity contribution in [1.29, 1.82) is 0 Å². The molecule has 1 aliphatic carbocycles. The van der Waals surface area contributed by atoms with Crippen molar-refractivity contribution in [3.63, 3.8) is 0 Å². The van der Waals surface area contributed by atoms with E-state index in [0.717, 1.165) is 12.8 Å². The molecule has 1 aromatic carbocycles. The van der Waals surface area contributed by atoms with Crippen LogP contribution >= 0.6 is 0 Å². The molecule has 7 nitrogen and oxygen atoms in total. The third-order valence-corrected chi connectivity index (χ3v) is 7.35. The Balaban J connectivity index is 1.69. The number of benzene rings is 1. The van der Waals surface area contributed by atoms with Crippen molar-refractivity contribution in [3.8, 4) is 0 Å². The number of nitrogens with zero attached hydrogens (tertiary/aromatic N) is 1. The number of carbonyl (C=O) groups excluding carboxylic acids is 1. The van der Waals surface area contributed by atoms with Gasteiger partial charge < -0.3 is 10.4 Å². The second-order valence-corrected chi connectivity index (χ2v) is 9.56. The fourth-order valence-corrected chi connectivity index (χ4v) is 5.43. The molecule has 1 fully saturated rings. The lowest BCUT2D eigenvalue weighted by Gasteiger charge is -2.30. The van der Waals surface area contributed by atoms with Gasteiger partial charge in [0.2, 0.25) is 15.9 Å². The number of carboxylic acid groups (broad SMARTS) is 1. The lowest BCUT2D eigenvalue weighted by Crippen LogP contribution is -2.39. The highest BCUT2D eigenvalue weighted by molar-refractivity contribution is 7.89. The first-order valence-corrected chi connectivity index (χ1v) is 11.0. The summed E-state index contributed by atoms with van der Waals surface area (Å²) >= 11 is 0. The molecular formula is C20H26N2O5S. The molecule has 0 unspecified atom stereocenters. The molecule has 2 aliphatic rings. The van der Waals surface area contributed by atoms with E-state index in [1.807, 2.05) is 13.0 Å². The molecule has 1 saturated heterocycles. The molecule has 1 heterocycles. The molecule has 152 valence electrons. The number of sulfonamides is 1. The Labute approximate surface area is 165 Å². The van der Waals surface area contributed by atoms with Crippen LogP contribution in [0.5, 0.6) is 0 Å². The minimum atomic E-state index is -3.55. The van der Waals surface area contributed by atoms with Crippen molar-refractivity contribution >= 4 is 27.6 Å². The van der Waals surface area contributed by atoms with Crippen molar-refractivity contribution in [2.75, 3.05) is 18.4 Å². The maximum atomic E-state index is 12.8. The highest BCUT2D eigenvalue weighted by Crippen LogP contribution is 2.28. The molecular weight excluding hydrogens is 380 g/mol. The van der Waals surface area contributed by atoms with Gasteiger partial charge in [0.25, 0.3) is 0 Å². The van der Waals surface area contributed by atoms with Gasteiger partial charge in [-0.15, -0.1) is 0 Å². The van der Waals surface area contributed by atoms with Gasteiger partial charge in [0.1, 0.15) is 0 Å².